The molecule has 3 aromatic carbocycles. The van der Waals surface area contributed by atoms with Gasteiger partial charge < -0.3 is 44.2 Å². The summed E-state index contributed by atoms with van der Waals surface area (Å²) in [5, 5.41) is 50.2. The van der Waals surface area contributed by atoms with E-state index in [4.69, 9.17) is 18.6 Å². The van der Waals surface area contributed by atoms with Gasteiger partial charge in [0.15, 0.2) is 40.8 Å². The molecule has 1 aliphatic heterocycles. The molecule has 1 unspecified atom stereocenters. The molecule has 180 valence electrons. The number of phenolic OH excluding ortho intramolecular Hbond substituents is 3. The van der Waals surface area contributed by atoms with Crippen LogP contribution in [0.15, 0.2) is 57.7 Å². The number of aliphatic hydroxyl groups excluding tert-OH is 1. The summed E-state index contributed by atoms with van der Waals surface area (Å²) in [6, 6.07) is 11.3. The van der Waals surface area contributed by atoms with Crippen molar-refractivity contribution in [2.24, 2.45) is 0 Å². The second kappa shape index (κ2) is 8.33. The Kier molecular flexibility index (Phi) is 5.29. The lowest BCUT2D eigenvalue weighted by molar-refractivity contribution is -0.0119. The first-order valence-electron chi connectivity index (χ1n) is 10.5. The lowest BCUT2D eigenvalue weighted by Crippen LogP contribution is -2.36. The number of hydrogen-bond acceptors (Lipinski definition) is 10. The van der Waals surface area contributed by atoms with E-state index in [2.05, 4.69) is 0 Å². The molecule has 35 heavy (non-hydrogen) atoms. The molecule has 2 heterocycles. The Morgan fingerprint density at radius 3 is 2.37 bits per heavy atom. The highest BCUT2D eigenvalue weighted by Gasteiger charge is 2.36. The van der Waals surface area contributed by atoms with E-state index in [9.17, 15) is 30.3 Å². The van der Waals surface area contributed by atoms with Crippen molar-refractivity contribution in [2.45, 2.75) is 12.2 Å². The van der Waals surface area contributed by atoms with Crippen LogP contribution < -0.4 is 19.6 Å². The van der Waals surface area contributed by atoms with Crippen molar-refractivity contribution in [3.05, 3.63) is 64.3 Å². The average molecular weight is 480 g/mol. The number of methoxy groups -OCH3 is 1. The van der Waals surface area contributed by atoms with E-state index >= 15 is 0 Å². The summed E-state index contributed by atoms with van der Waals surface area (Å²) in [6.45, 7) is -0.483. The topological polar surface area (TPSA) is 159 Å². The van der Waals surface area contributed by atoms with Crippen LogP contribution in [0.3, 0.4) is 0 Å². The van der Waals surface area contributed by atoms with E-state index in [1.165, 1.54) is 43.5 Å². The SMILES string of the molecule is COc1cc([C@H]2Oc3cc(O)c4c(=O)c(O)c(-c5ccc(O)cc5)oc4c3OC2CO)ccc1O. The second-order valence-corrected chi connectivity index (χ2v) is 7.89. The number of phenols is 3. The second-order valence-electron chi connectivity index (χ2n) is 7.89. The average Bonchev–Trinajstić information content (AvgIpc) is 2.86. The van der Waals surface area contributed by atoms with Crippen LogP contribution in [-0.4, -0.2) is 45.4 Å². The molecule has 0 spiro atoms. The van der Waals surface area contributed by atoms with Gasteiger partial charge in [-0.3, -0.25) is 4.79 Å². The maximum absolute atomic E-state index is 12.9. The third kappa shape index (κ3) is 3.60. The summed E-state index contributed by atoms with van der Waals surface area (Å²) in [5.41, 5.74) is -0.281. The van der Waals surface area contributed by atoms with Crippen LogP contribution >= 0.6 is 0 Å². The smallest absolute Gasteiger partial charge is 0.238 e. The van der Waals surface area contributed by atoms with Gasteiger partial charge in [-0.15, -0.1) is 0 Å². The molecular formula is C25H20O10. The fourth-order valence-electron chi connectivity index (χ4n) is 4.01. The monoisotopic (exact) mass is 480 g/mol. The molecule has 0 radical (unpaired) electrons. The minimum absolute atomic E-state index is 0.0224. The zero-order valence-corrected chi connectivity index (χ0v) is 18.3. The van der Waals surface area contributed by atoms with E-state index in [1.54, 1.807) is 6.07 Å². The van der Waals surface area contributed by atoms with Gasteiger partial charge in [0, 0.05) is 17.2 Å². The van der Waals surface area contributed by atoms with Gasteiger partial charge in [0.05, 0.1) is 13.7 Å². The van der Waals surface area contributed by atoms with E-state index in [0.717, 1.165) is 6.07 Å². The Balaban J connectivity index is 1.69. The molecule has 0 amide bonds. The molecule has 0 fully saturated rings. The molecule has 10 nitrogen and oxygen atoms in total. The first kappa shape index (κ1) is 22.2. The van der Waals surface area contributed by atoms with Crippen LogP contribution in [0.5, 0.6) is 40.2 Å². The van der Waals surface area contributed by atoms with Crippen LogP contribution in [0.1, 0.15) is 11.7 Å². The Morgan fingerprint density at radius 2 is 1.69 bits per heavy atom. The first-order chi connectivity index (χ1) is 16.8. The van der Waals surface area contributed by atoms with Crippen molar-refractivity contribution < 1.29 is 44.2 Å². The zero-order valence-electron chi connectivity index (χ0n) is 18.3. The Morgan fingerprint density at radius 1 is 0.943 bits per heavy atom. The number of fused-ring (bicyclic) bond motifs is 3. The standard InChI is InChI=1S/C25H20O10/c1-32-16-8-12(4-7-14(16)28)22-18(10-26)34-24-17(33-22)9-15(29)19-20(30)21(31)23(35-25(19)24)11-2-5-13(27)6-3-11/h2-9,18,22,26-29,31H,10H2,1H3/t18?,22-/m1/s1. The quantitative estimate of drug-likeness (QED) is 0.294. The van der Waals surface area contributed by atoms with Crippen LogP contribution in [-0.2, 0) is 0 Å². The van der Waals surface area contributed by atoms with Crippen molar-refractivity contribution in [1.29, 1.82) is 0 Å². The molecule has 0 aliphatic carbocycles. The van der Waals surface area contributed by atoms with Gasteiger partial charge in [-0.25, -0.2) is 0 Å². The molecule has 0 bridgehead atoms. The van der Waals surface area contributed by atoms with E-state index in [-0.39, 0.29) is 45.5 Å². The third-order valence-electron chi connectivity index (χ3n) is 5.74. The van der Waals surface area contributed by atoms with Crippen molar-refractivity contribution >= 4 is 11.0 Å². The van der Waals surface area contributed by atoms with Crippen molar-refractivity contribution in [3.8, 4) is 51.6 Å². The number of aliphatic hydroxyl groups is 1. The first-order valence-corrected chi connectivity index (χ1v) is 10.5. The molecule has 4 aromatic rings. The van der Waals surface area contributed by atoms with Gasteiger partial charge in [0.2, 0.25) is 16.9 Å². The van der Waals surface area contributed by atoms with Gasteiger partial charge in [-0.2, -0.15) is 0 Å². The summed E-state index contributed by atoms with van der Waals surface area (Å²) in [4.78, 5) is 12.9. The van der Waals surface area contributed by atoms with Gasteiger partial charge in [-0.05, 0) is 36.4 Å². The van der Waals surface area contributed by atoms with Crippen molar-refractivity contribution in [3.63, 3.8) is 0 Å². The minimum atomic E-state index is -0.958. The van der Waals surface area contributed by atoms with E-state index in [0.29, 0.717) is 11.1 Å². The predicted molar refractivity (Wildman–Crippen MR) is 122 cm³/mol. The highest BCUT2D eigenvalue weighted by Crippen LogP contribution is 2.48. The molecule has 10 heteroatoms. The highest BCUT2D eigenvalue weighted by atomic mass is 16.6. The fraction of sp³-hybridized carbons (Fsp3) is 0.160. The van der Waals surface area contributed by atoms with Gasteiger partial charge in [-0.1, -0.05) is 6.07 Å². The van der Waals surface area contributed by atoms with Crippen LogP contribution in [0, 0.1) is 0 Å². The predicted octanol–water partition coefficient (Wildman–Crippen LogP) is 3.16. The van der Waals surface area contributed by atoms with Crippen LogP contribution in [0.25, 0.3) is 22.3 Å². The Hall–Kier alpha value is -4.57. The lowest BCUT2D eigenvalue weighted by Gasteiger charge is -2.33. The molecule has 5 N–H and O–H groups in total. The van der Waals surface area contributed by atoms with Crippen LogP contribution in [0.2, 0.25) is 0 Å². The summed E-state index contributed by atoms with van der Waals surface area (Å²) in [7, 11) is 1.39. The molecule has 1 aliphatic rings. The van der Waals surface area contributed by atoms with Gasteiger partial charge in [0.1, 0.15) is 16.9 Å². The van der Waals surface area contributed by atoms with Gasteiger partial charge >= 0.3 is 0 Å². The maximum Gasteiger partial charge on any atom is 0.238 e. The van der Waals surface area contributed by atoms with E-state index < -0.39 is 35.7 Å². The zero-order chi connectivity index (χ0) is 24.9. The van der Waals surface area contributed by atoms with E-state index in [1.807, 2.05) is 0 Å². The van der Waals surface area contributed by atoms with Crippen LogP contribution in [0.4, 0.5) is 0 Å². The molecule has 0 saturated heterocycles. The summed E-state index contributed by atoms with van der Waals surface area (Å²) in [5.74, 6) is -1.37. The molecule has 2 atom stereocenters. The largest absolute Gasteiger partial charge is 0.508 e. The molecule has 5 rings (SSSR count). The summed E-state index contributed by atoms with van der Waals surface area (Å²) in [6.07, 6.45) is -1.82. The lowest BCUT2D eigenvalue weighted by atomic mass is 10.0. The minimum Gasteiger partial charge on any atom is -0.508 e. The van der Waals surface area contributed by atoms with Crippen molar-refractivity contribution in [1.82, 2.24) is 0 Å². The number of hydrogen-bond donors (Lipinski definition) is 5. The number of ether oxygens (including phenoxy) is 3. The van der Waals surface area contributed by atoms with Crippen molar-refractivity contribution in [2.75, 3.05) is 13.7 Å². The number of aromatic hydroxyl groups is 4. The maximum atomic E-state index is 12.9. The highest BCUT2D eigenvalue weighted by molar-refractivity contribution is 5.93. The molecule has 0 saturated carbocycles. The number of rotatable bonds is 4. The summed E-state index contributed by atoms with van der Waals surface area (Å²) >= 11 is 0. The molecule has 1 aromatic heterocycles. The normalized spacial score (nSPS) is 16.9. The summed E-state index contributed by atoms with van der Waals surface area (Å²) < 4.78 is 23.0. The Labute approximate surface area is 197 Å². The fourth-order valence-corrected chi connectivity index (χ4v) is 4.01. The molecular weight excluding hydrogens is 460 g/mol. The number of benzene rings is 3. The Bertz CT molecular complexity index is 1490. The van der Waals surface area contributed by atoms with Gasteiger partial charge in [0.25, 0.3) is 0 Å². The third-order valence-corrected chi connectivity index (χ3v) is 5.74.